The number of hydrogen-bond donors (Lipinski definition) is 2. The Kier molecular flexibility index (Phi) is 8.21. The van der Waals surface area contributed by atoms with Crippen molar-refractivity contribution in [3.05, 3.63) is 35.9 Å². The molecule has 2 rings (SSSR count). The van der Waals surface area contributed by atoms with Crippen LogP contribution in [0.25, 0.3) is 0 Å². The molecule has 1 aromatic rings. The molecule has 1 aliphatic heterocycles. The maximum atomic E-state index is 12.1. The fraction of sp³-hybridized carbons (Fsp3) is 0.556. The zero-order valence-electron chi connectivity index (χ0n) is 14.7. The van der Waals surface area contributed by atoms with E-state index in [1.54, 1.807) is 0 Å². The second-order valence-corrected chi connectivity index (χ2v) is 5.97. The number of hydrogen-bond acceptors (Lipinski definition) is 5. The smallest absolute Gasteiger partial charge is 0.328 e. The molecular weight excluding hydrogens is 322 g/mol. The average molecular weight is 349 g/mol. The van der Waals surface area contributed by atoms with E-state index in [1.165, 1.54) is 7.11 Å². The number of carbonyl (C=O) groups excluding carboxylic acids is 2. The van der Waals surface area contributed by atoms with E-state index in [0.717, 1.165) is 44.8 Å². The fourth-order valence-electron chi connectivity index (χ4n) is 2.72. The van der Waals surface area contributed by atoms with Gasteiger partial charge in [0.05, 0.1) is 20.3 Å². The predicted octanol–water partition coefficient (Wildman–Crippen LogP) is 0.792. The number of benzene rings is 1. The highest BCUT2D eigenvalue weighted by Gasteiger charge is 2.21. The third-order valence-electron chi connectivity index (χ3n) is 4.11. The highest BCUT2D eigenvalue weighted by atomic mass is 16.5. The standard InChI is InChI=1S/C18H27N3O4/c1-24-17(22)16(14-15-6-3-2-4-7-15)20-18(23)19-8-5-9-21-10-12-25-13-11-21/h2-4,6-7,16H,5,8-14H2,1H3,(H2,19,20,23). The Hall–Kier alpha value is -2.12. The second kappa shape index (κ2) is 10.7. The number of carbonyl (C=O) groups is 2. The number of morpholine rings is 1. The number of ether oxygens (including phenoxy) is 2. The van der Waals surface area contributed by atoms with Crippen molar-refractivity contribution >= 4 is 12.0 Å². The summed E-state index contributed by atoms with van der Waals surface area (Å²) in [5.74, 6) is -0.452. The van der Waals surface area contributed by atoms with Crippen LogP contribution in [-0.4, -0.2) is 69.4 Å². The van der Waals surface area contributed by atoms with Gasteiger partial charge >= 0.3 is 12.0 Å². The topological polar surface area (TPSA) is 79.9 Å². The molecule has 1 aliphatic rings. The van der Waals surface area contributed by atoms with Crippen molar-refractivity contribution in [3.8, 4) is 0 Å². The number of methoxy groups -OCH3 is 1. The van der Waals surface area contributed by atoms with Crippen LogP contribution in [0.5, 0.6) is 0 Å². The minimum Gasteiger partial charge on any atom is -0.467 e. The minimum absolute atomic E-state index is 0.353. The van der Waals surface area contributed by atoms with Gasteiger partial charge in [-0.05, 0) is 18.5 Å². The highest BCUT2D eigenvalue weighted by molar-refractivity contribution is 5.83. The molecule has 0 radical (unpaired) electrons. The molecule has 7 heteroatoms. The quantitative estimate of drug-likeness (QED) is 0.536. The van der Waals surface area contributed by atoms with Crippen molar-refractivity contribution in [2.75, 3.05) is 46.5 Å². The normalized spacial score (nSPS) is 16.0. The van der Waals surface area contributed by atoms with E-state index in [2.05, 4.69) is 15.5 Å². The molecule has 0 bridgehead atoms. The summed E-state index contributed by atoms with van der Waals surface area (Å²) in [5, 5.41) is 5.50. The van der Waals surface area contributed by atoms with E-state index >= 15 is 0 Å². The second-order valence-electron chi connectivity index (χ2n) is 5.97. The van der Waals surface area contributed by atoms with Crippen LogP contribution in [0.15, 0.2) is 30.3 Å². The van der Waals surface area contributed by atoms with Crippen LogP contribution >= 0.6 is 0 Å². The molecule has 25 heavy (non-hydrogen) atoms. The van der Waals surface area contributed by atoms with Crippen LogP contribution in [0.4, 0.5) is 4.79 Å². The number of amides is 2. The van der Waals surface area contributed by atoms with Gasteiger partial charge in [0, 0.05) is 26.1 Å². The van der Waals surface area contributed by atoms with Crippen LogP contribution in [0.3, 0.4) is 0 Å². The van der Waals surface area contributed by atoms with E-state index < -0.39 is 12.0 Å². The van der Waals surface area contributed by atoms with Crippen LogP contribution < -0.4 is 10.6 Å². The Balaban J connectivity index is 1.71. The molecule has 7 nitrogen and oxygen atoms in total. The molecule has 2 amide bonds. The molecule has 1 aromatic carbocycles. The van der Waals surface area contributed by atoms with Gasteiger partial charge in [-0.3, -0.25) is 4.90 Å². The van der Waals surface area contributed by atoms with Gasteiger partial charge in [0.2, 0.25) is 0 Å². The Morgan fingerprint density at radius 2 is 1.96 bits per heavy atom. The van der Waals surface area contributed by atoms with Gasteiger partial charge in [0.25, 0.3) is 0 Å². The third kappa shape index (κ3) is 7.11. The van der Waals surface area contributed by atoms with Gasteiger partial charge in [0.15, 0.2) is 0 Å². The summed E-state index contributed by atoms with van der Waals surface area (Å²) in [6.07, 6.45) is 1.25. The largest absolute Gasteiger partial charge is 0.467 e. The molecule has 0 spiro atoms. The zero-order chi connectivity index (χ0) is 17.9. The van der Waals surface area contributed by atoms with Crippen LogP contribution in [-0.2, 0) is 20.7 Å². The van der Waals surface area contributed by atoms with E-state index in [0.29, 0.717) is 13.0 Å². The lowest BCUT2D eigenvalue weighted by atomic mass is 10.1. The molecule has 138 valence electrons. The molecule has 0 aliphatic carbocycles. The number of esters is 1. The first kappa shape index (κ1) is 19.2. The Labute approximate surface area is 148 Å². The van der Waals surface area contributed by atoms with Crippen molar-refractivity contribution in [2.24, 2.45) is 0 Å². The fourth-order valence-corrected chi connectivity index (χ4v) is 2.72. The first-order valence-corrected chi connectivity index (χ1v) is 8.65. The van der Waals surface area contributed by atoms with E-state index in [1.807, 2.05) is 30.3 Å². The number of rotatable bonds is 8. The monoisotopic (exact) mass is 349 g/mol. The summed E-state index contributed by atoms with van der Waals surface area (Å²) in [4.78, 5) is 26.3. The average Bonchev–Trinajstić information content (AvgIpc) is 2.66. The van der Waals surface area contributed by atoms with Gasteiger partial charge in [-0.1, -0.05) is 30.3 Å². The van der Waals surface area contributed by atoms with Crippen molar-refractivity contribution in [3.63, 3.8) is 0 Å². The predicted molar refractivity (Wildman–Crippen MR) is 94.4 cm³/mol. The Morgan fingerprint density at radius 3 is 2.64 bits per heavy atom. The molecule has 1 unspecified atom stereocenters. The number of urea groups is 1. The lowest BCUT2D eigenvalue weighted by Gasteiger charge is -2.26. The summed E-state index contributed by atoms with van der Waals surface area (Å²) in [7, 11) is 1.32. The van der Waals surface area contributed by atoms with Crippen molar-refractivity contribution in [1.82, 2.24) is 15.5 Å². The number of nitrogens with zero attached hydrogens (tertiary/aromatic N) is 1. The van der Waals surface area contributed by atoms with Crippen LogP contribution in [0.2, 0.25) is 0 Å². The van der Waals surface area contributed by atoms with Gasteiger partial charge in [-0.25, -0.2) is 9.59 Å². The van der Waals surface area contributed by atoms with Crippen molar-refractivity contribution in [1.29, 1.82) is 0 Å². The maximum Gasteiger partial charge on any atom is 0.328 e. The van der Waals surface area contributed by atoms with E-state index in [-0.39, 0.29) is 6.03 Å². The van der Waals surface area contributed by atoms with Crippen LogP contribution in [0, 0.1) is 0 Å². The first-order chi connectivity index (χ1) is 12.2. The van der Waals surface area contributed by atoms with E-state index in [9.17, 15) is 9.59 Å². The van der Waals surface area contributed by atoms with Gasteiger partial charge in [0.1, 0.15) is 6.04 Å². The molecule has 2 N–H and O–H groups in total. The van der Waals surface area contributed by atoms with Gasteiger partial charge < -0.3 is 20.1 Å². The molecule has 1 atom stereocenters. The molecule has 1 heterocycles. The SMILES string of the molecule is COC(=O)C(Cc1ccccc1)NC(=O)NCCCN1CCOCC1. The van der Waals surface area contributed by atoms with Crippen LogP contribution in [0.1, 0.15) is 12.0 Å². The summed E-state index contributed by atoms with van der Waals surface area (Å²) < 4.78 is 10.1. The molecule has 1 saturated heterocycles. The lowest BCUT2D eigenvalue weighted by Crippen LogP contribution is -2.48. The Morgan fingerprint density at radius 1 is 1.24 bits per heavy atom. The highest BCUT2D eigenvalue weighted by Crippen LogP contribution is 2.04. The zero-order valence-corrected chi connectivity index (χ0v) is 14.7. The van der Waals surface area contributed by atoms with Crippen molar-refractivity contribution in [2.45, 2.75) is 18.9 Å². The lowest BCUT2D eigenvalue weighted by molar-refractivity contribution is -0.142. The van der Waals surface area contributed by atoms with Crippen molar-refractivity contribution < 1.29 is 19.1 Å². The van der Waals surface area contributed by atoms with Gasteiger partial charge in [-0.2, -0.15) is 0 Å². The minimum atomic E-state index is -0.702. The summed E-state index contributed by atoms with van der Waals surface area (Å²) in [5.41, 5.74) is 0.963. The first-order valence-electron chi connectivity index (χ1n) is 8.65. The third-order valence-corrected chi connectivity index (χ3v) is 4.11. The molecule has 1 fully saturated rings. The maximum absolute atomic E-state index is 12.1. The molecule has 0 saturated carbocycles. The van der Waals surface area contributed by atoms with Gasteiger partial charge in [-0.15, -0.1) is 0 Å². The number of nitrogens with one attached hydrogen (secondary N) is 2. The summed E-state index contributed by atoms with van der Waals surface area (Å²) in [6.45, 7) is 4.90. The molecule has 0 aromatic heterocycles. The summed E-state index contributed by atoms with van der Waals surface area (Å²) >= 11 is 0. The molecular formula is C18H27N3O4. The summed E-state index contributed by atoms with van der Waals surface area (Å²) in [6, 6.07) is 8.48. The Bertz CT molecular complexity index is 532. The van der Waals surface area contributed by atoms with E-state index in [4.69, 9.17) is 9.47 Å².